The Hall–Kier alpha value is -2.40. The van der Waals surface area contributed by atoms with E-state index in [1.165, 1.54) is 11.6 Å². The molecule has 1 fully saturated rings. The number of benzene rings is 2. The summed E-state index contributed by atoms with van der Waals surface area (Å²) in [6.45, 7) is 0. The van der Waals surface area contributed by atoms with Gasteiger partial charge < -0.3 is 10.5 Å². The van der Waals surface area contributed by atoms with Gasteiger partial charge in [-0.2, -0.15) is 4.39 Å². The maximum absolute atomic E-state index is 14.8. The number of hydrogen-bond donors (Lipinski definition) is 1. The Morgan fingerprint density at radius 3 is 2.42 bits per heavy atom. The Morgan fingerprint density at radius 1 is 1.12 bits per heavy atom. The minimum absolute atomic E-state index is 0.133. The molecule has 0 spiro atoms. The summed E-state index contributed by atoms with van der Waals surface area (Å²) in [5, 5.41) is 0.422. The van der Waals surface area contributed by atoms with E-state index >= 15 is 0 Å². The minimum atomic E-state index is -1.37. The van der Waals surface area contributed by atoms with Gasteiger partial charge in [-0.3, -0.25) is 0 Å². The van der Waals surface area contributed by atoms with Crippen molar-refractivity contribution < 1.29 is 17.9 Å². The second-order valence-electron chi connectivity index (χ2n) is 6.06. The second kappa shape index (κ2) is 7.46. The summed E-state index contributed by atoms with van der Waals surface area (Å²) >= 11 is 5.94. The monoisotopic (exact) mass is 379 g/mol. The zero-order chi connectivity index (χ0) is 18.8. The van der Waals surface area contributed by atoms with Crippen LogP contribution in [0.15, 0.2) is 42.0 Å². The molecule has 1 aliphatic rings. The average molecular weight is 380 g/mol. The van der Waals surface area contributed by atoms with Crippen molar-refractivity contribution >= 4 is 22.9 Å². The van der Waals surface area contributed by atoms with Gasteiger partial charge in [0, 0.05) is 21.8 Å². The molecule has 0 aromatic heterocycles. The van der Waals surface area contributed by atoms with Gasteiger partial charge in [-0.25, -0.2) is 8.78 Å². The molecular formula is C20H17ClF3NO. The molecule has 0 saturated heterocycles. The van der Waals surface area contributed by atoms with Gasteiger partial charge in [-0.1, -0.05) is 35.4 Å². The smallest absolute Gasteiger partial charge is 0.203 e. The summed E-state index contributed by atoms with van der Waals surface area (Å²) in [6, 6.07) is 5.56. The summed E-state index contributed by atoms with van der Waals surface area (Å²) < 4.78 is 47.3. The standard InChI is InChI=1S/C20H17ClF3NO/c1-26-20-18(23)15(10-16(22)19(20)24)13(7-5-11-3-2-4-11)14-8-6-12(21)9-17(14)25/h5-10H,2-4,25H2,1H3/b13-7-. The van der Waals surface area contributed by atoms with Crippen LogP contribution < -0.4 is 10.5 Å². The van der Waals surface area contributed by atoms with Crippen LogP contribution in [0.1, 0.15) is 30.4 Å². The first kappa shape index (κ1) is 18.4. The fraction of sp³-hybridized carbons (Fsp3) is 0.200. The van der Waals surface area contributed by atoms with Gasteiger partial charge in [0.05, 0.1) is 7.11 Å². The molecule has 0 aliphatic heterocycles. The van der Waals surface area contributed by atoms with E-state index in [1.807, 2.05) is 6.08 Å². The Bertz CT molecular complexity index is 916. The van der Waals surface area contributed by atoms with Gasteiger partial charge in [0.2, 0.25) is 5.82 Å². The zero-order valence-electron chi connectivity index (χ0n) is 14.1. The first-order chi connectivity index (χ1) is 12.4. The lowest BCUT2D eigenvalue weighted by atomic mass is 9.90. The summed E-state index contributed by atoms with van der Waals surface area (Å²) in [5.41, 5.74) is 8.20. The highest BCUT2D eigenvalue weighted by Crippen LogP contribution is 2.37. The van der Waals surface area contributed by atoms with Gasteiger partial charge in [-0.15, -0.1) is 0 Å². The SMILES string of the molecule is COc1c(F)c(F)cc(/C(=C\C=C2CCC2)c2ccc(Cl)cc2N)c1F. The number of allylic oxidation sites excluding steroid dienone is 3. The van der Waals surface area contributed by atoms with Crippen LogP contribution in [0.3, 0.4) is 0 Å². The highest BCUT2D eigenvalue weighted by atomic mass is 35.5. The van der Waals surface area contributed by atoms with Crippen LogP contribution >= 0.6 is 11.6 Å². The van der Waals surface area contributed by atoms with E-state index in [1.54, 1.807) is 18.2 Å². The molecule has 1 saturated carbocycles. The number of rotatable bonds is 4. The molecule has 0 unspecified atom stereocenters. The van der Waals surface area contributed by atoms with Gasteiger partial charge in [0.15, 0.2) is 17.4 Å². The van der Waals surface area contributed by atoms with Crippen molar-refractivity contribution in [2.24, 2.45) is 0 Å². The predicted octanol–water partition coefficient (Wildman–Crippen LogP) is 5.89. The van der Waals surface area contributed by atoms with Gasteiger partial charge >= 0.3 is 0 Å². The summed E-state index contributed by atoms with van der Waals surface area (Å²) in [5.74, 6) is -4.32. The van der Waals surface area contributed by atoms with Crippen LogP contribution in [0.5, 0.6) is 5.75 Å². The summed E-state index contributed by atoms with van der Waals surface area (Å²) in [7, 11) is 1.08. The molecule has 136 valence electrons. The number of methoxy groups -OCH3 is 1. The van der Waals surface area contributed by atoms with Gasteiger partial charge in [0.25, 0.3) is 0 Å². The zero-order valence-corrected chi connectivity index (χ0v) is 14.8. The fourth-order valence-electron chi connectivity index (χ4n) is 2.81. The topological polar surface area (TPSA) is 35.2 Å². The molecule has 26 heavy (non-hydrogen) atoms. The third-order valence-electron chi connectivity index (χ3n) is 4.40. The van der Waals surface area contributed by atoms with Crippen LogP contribution in [0.2, 0.25) is 5.02 Å². The highest BCUT2D eigenvalue weighted by molar-refractivity contribution is 6.31. The highest BCUT2D eigenvalue weighted by Gasteiger charge is 2.23. The van der Waals surface area contributed by atoms with Gasteiger partial charge in [0.1, 0.15) is 0 Å². The first-order valence-electron chi connectivity index (χ1n) is 8.09. The molecule has 2 aromatic carbocycles. The predicted molar refractivity (Wildman–Crippen MR) is 97.7 cm³/mol. The van der Waals surface area contributed by atoms with E-state index in [9.17, 15) is 13.2 Å². The Kier molecular flexibility index (Phi) is 5.28. The minimum Gasteiger partial charge on any atom is -0.491 e. The van der Waals surface area contributed by atoms with Crippen LogP contribution in [-0.2, 0) is 0 Å². The Labute approximate surface area is 154 Å². The molecule has 0 amide bonds. The maximum atomic E-state index is 14.8. The molecule has 2 N–H and O–H groups in total. The van der Waals surface area contributed by atoms with Crippen molar-refractivity contribution in [3.8, 4) is 5.75 Å². The van der Waals surface area contributed by atoms with Crippen molar-refractivity contribution in [2.45, 2.75) is 19.3 Å². The molecule has 0 heterocycles. The molecule has 2 aromatic rings. The van der Waals surface area contributed by atoms with Gasteiger partial charge in [-0.05, 0) is 43.0 Å². The van der Waals surface area contributed by atoms with Crippen LogP contribution in [0, 0.1) is 17.5 Å². The molecule has 0 bridgehead atoms. The van der Waals surface area contributed by atoms with Crippen LogP contribution in [0.25, 0.3) is 5.57 Å². The van der Waals surface area contributed by atoms with Crippen molar-refractivity contribution in [3.63, 3.8) is 0 Å². The fourth-order valence-corrected chi connectivity index (χ4v) is 2.99. The first-order valence-corrected chi connectivity index (χ1v) is 8.47. The van der Waals surface area contributed by atoms with Crippen LogP contribution in [-0.4, -0.2) is 7.11 Å². The molecule has 1 aliphatic carbocycles. The number of ether oxygens (including phenoxy) is 1. The van der Waals surface area contributed by atoms with Crippen molar-refractivity contribution in [1.29, 1.82) is 0 Å². The van der Waals surface area contributed by atoms with E-state index in [0.717, 1.165) is 32.4 Å². The third-order valence-corrected chi connectivity index (χ3v) is 4.63. The Morgan fingerprint density at radius 2 is 1.85 bits per heavy atom. The molecule has 0 atom stereocenters. The summed E-state index contributed by atoms with van der Waals surface area (Å²) in [4.78, 5) is 0. The lowest BCUT2D eigenvalue weighted by Crippen LogP contribution is -2.04. The molecule has 3 rings (SSSR count). The second-order valence-corrected chi connectivity index (χ2v) is 6.49. The van der Waals surface area contributed by atoms with E-state index in [2.05, 4.69) is 0 Å². The molecular weight excluding hydrogens is 363 g/mol. The van der Waals surface area contributed by atoms with Crippen molar-refractivity contribution in [1.82, 2.24) is 0 Å². The number of nitrogen functional groups attached to an aromatic ring is 1. The van der Waals surface area contributed by atoms with Crippen LogP contribution in [0.4, 0.5) is 18.9 Å². The number of anilines is 1. The van der Waals surface area contributed by atoms with E-state index in [4.69, 9.17) is 22.1 Å². The lowest BCUT2D eigenvalue weighted by Gasteiger charge is -2.17. The van der Waals surface area contributed by atoms with Crippen molar-refractivity contribution in [2.75, 3.05) is 12.8 Å². The van der Waals surface area contributed by atoms with Crippen molar-refractivity contribution in [3.05, 3.63) is 75.6 Å². The Balaban J connectivity index is 2.23. The number of halogens is 4. The number of hydrogen-bond acceptors (Lipinski definition) is 2. The summed E-state index contributed by atoms with van der Waals surface area (Å²) in [6.07, 6.45) is 6.56. The number of nitrogens with two attached hydrogens (primary N) is 1. The third kappa shape index (κ3) is 3.44. The average Bonchev–Trinajstić information content (AvgIpc) is 2.55. The maximum Gasteiger partial charge on any atom is 0.203 e. The molecule has 2 nitrogen and oxygen atoms in total. The molecule has 0 radical (unpaired) electrons. The molecule has 6 heteroatoms. The largest absolute Gasteiger partial charge is 0.491 e. The quantitative estimate of drug-likeness (QED) is 0.531. The normalized spacial score (nSPS) is 14.2. The van der Waals surface area contributed by atoms with E-state index in [0.29, 0.717) is 21.8 Å². The van der Waals surface area contributed by atoms with E-state index in [-0.39, 0.29) is 5.56 Å². The lowest BCUT2D eigenvalue weighted by molar-refractivity contribution is 0.346. The van der Waals surface area contributed by atoms with E-state index < -0.39 is 23.2 Å².